The molecule has 33 heavy (non-hydrogen) atoms. The Bertz CT molecular complexity index is 1140. The van der Waals surface area contributed by atoms with Gasteiger partial charge in [0.15, 0.2) is 6.61 Å². The Labute approximate surface area is 188 Å². The van der Waals surface area contributed by atoms with Gasteiger partial charge in [-0.05, 0) is 31.2 Å². The predicted molar refractivity (Wildman–Crippen MR) is 115 cm³/mol. The molecule has 3 aromatic rings. The van der Waals surface area contributed by atoms with Crippen molar-refractivity contribution in [1.82, 2.24) is 20.8 Å². The fraction of sp³-hybridized carbons (Fsp3) is 0.238. The molecule has 0 radical (unpaired) electrons. The van der Waals surface area contributed by atoms with Gasteiger partial charge in [-0.15, -0.1) is 0 Å². The van der Waals surface area contributed by atoms with E-state index in [4.69, 9.17) is 14.0 Å². The number of carbonyl (C=O) groups is 2. The largest absolute Gasteiger partial charge is 0.497 e. The summed E-state index contributed by atoms with van der Waals surface area (Å²) in [5.74, 6) is -0.0428. The molecule has 12 nitrogen and oxygen atoms in total. The Morgan fingerprint density at radius 1 is 1.09 bits per heavy atom. The molecule has 0 unspecified atom stereocenters. The Balaban J connectivity index is 1.44. The quantitative estimate of drug-likeness (QED) is 0.264. The van der Waals surface area contributed by atoms with Crippen LogP contribution < -0.4 is 20.1 Å². The standard InChI is InChI=1S/C21H21N5O7/c1-13-16(4-3-5-17(13)26(29)30)19-24-21(33-25-19)20(28)23-11-10-22-18(27)12-32-15-8-6-14(31-2)7-9-15/h3-9H,10-12H2,1-2H3,(H,22,27)(H,23,28). The normalized spacial score (nSPS) is 10.4. The number of methoxy groups -OCH3 is 1. The number of hydrogen-bond donors (Lipinski definition) is 2. The lowest BCUT2D eigenvalue weighted by atomic mass is 10.1. The monoisotopic (exact) mass is 455 g/mol. The summed E-state index contributed by atoms with van der Waals surface area (Å²) in [6, 6.07) is 11.2. The SMILES string of the molecule is COc1ccc(OCC(=O)NCCNC(=O)c2nc(-c3cccc([N+](=O)[O-])c3C)no2)cc1. The van der Waals surface area contributed by atoms with Gasteiger partial charge < -0.3 is 24.6 Å². The number of ether oxygens (including phenoxy) is 2. The van der Waals surface area contributed by atoms with Crippen molar-refractivity contribution in [2.75, 3.05) is 26.8 Å². The van der Waals surface area contributed by atoms with Crippen molar-refractivity contribution in [3.8, 4) is 22.9 Å². The van der Waals surface area contributed by atoms with Crippen LogP contribution in [0.3, 0.4) is 0 Å². The lowest BCUT2D eigenvalue weighted by Crippen LogP contribution is -2.36. The molecule has 2 N–H and O–H groups in total. The molecule has 0 aliphatic rings. The first kappa shape index (κ1) is 23.2. The summed E-state index contributed by atoms with van der Waals surface area (Å²) in [6.45, 7) is 1.64. The van der Waals surface area contributed by atoms with Crippen molar-refractivity contribution in [3.63, 3.8) is 0 Å². The predicted octanol–water partition coefficient (Wildman–Crippen LogP) is 1.89. The average Bonchev–Trinajstić information content (AvgIpc) is 3.31. The molecule has 1 heterocycles. The highest BCUT2D eigenvalue weighted by molar-refractivity contribution is 5.90. The Hall–Kier alpha value is -4.48. The minimum Gasteiger partial charge on any atom is -0.497 e. The van der Waals surface area contributed by atoms with Gasteiger partial charge in [-0.25, -0.2) is 0 Å². The third-order valence-corrected chi connectivity index (χ3v) is 4.53. The van der Waals surface area contributed by atoms with Crippen LogP contribution in [0, 0.1) is 17.0 Å². The second-order valence-electron chi connectivity index (χ2n) is 6.70. The minimum atomic E-state index is -0.638. The molecular weight excluding hydrogens is 434 g/mol. The smallest absolute Gasteiger partial charge is 0.316 e. The Morgan fingerprint density at radius 2 is 1.79 bits per heavy atom. The van der Waals surface area contributed by atoms with E-state index in [0.29, 0.717) is 22.6 Å². The van der Waals surface area contributed by atoms with Crippen LogP contribution in [0.1, 0.15) is 16.2 Å². The summed E-state index contributed by atoms with van der Waals surface area (Å²) >= 11 is 0. The van der Waals surface area contributed by atoms with Crippen LogP contribution in [0.25, 0.3) is 11.4 Å². The molecule has 1 aromatic heterocycles. The maximum atomic E-state index is 12.2. The number of nitro benzene ring substituents is 1. The highest BCUT2D eigenvalue weighted by atomic mass is 16.6. The summed E-state index contributed by atoms with van der Waals surface area (Å²) < 4.78 is 15.4. The van der Waals surface area contributed by atoms with Crippen LogP contribution in [-0.2, 0) is 4.79 Å². The molecular formula is C21H21N5O7. The Morgan fingerprint density at radius 3 is 2.48 bits per heavy atom. The summed E-state index contributed by atoms with van der Waals surface area (Å²) in [6.07, 6.45) is 0. The van der Waals surface area contributed by atoms with Crippen molar-refractivity contribution in [2.45, 2.75) is 6.92 Å². The number of amides is 2. The molecule has 2 aromatic carbocycles. The van der Waals surface area contributed by atoms with E-state index in [1.807, 2.05) is 0 Å². The maximum Gasteiger partial charge on any atom is 0.316 e. The Kier molecular flexibility index (Phi) is 7.52. The lowest BCUT2D eigenvalue weighted by Gasteiger charge is -2.08. The van der Waals surface area contributed by atoms with E-state index >= 15 is 0 Å². The lowest BCUT2D eigenvalue weighted by molar-refractivity contribution is -0.385. The molecule has 3 rings (SSSR count). The second kappa shape index (κ2) is 10.7. The van der Waals surface area contributed by atoms with Crippen LogP contribution in [0.15, 0.2) is 47.0 Å². The molecule has 0 saturated carbocycles. The van der Waals surface area contributed by atoms with Crippen LogP contribution >= 0.6 is 0 Å². The number of rotatable bonds is 10. The van der Waals surface area contributed by atoms with E-state index in [1.165, 1.54) is 12.1 Å². The molecule has 12 heteroatoms. The van der Waals surface area contributed by atoms with Gasteiger partial charge in [-0.3, -0.25) is 19.7 Å². The zero-order valence-electron chi connectivity index (χ0n) is 17.9. The van der Waals surface area contributed by atoms with Crippen LogP contribution in [-0.4, -0.2) is 53.7 Å². The summed E-state index contributed by atoms with van der Waals surface area (Å²) in [7, 11) is 1.55. The minimum absolute atomic E-state index is 0.0605. The molecule has 0 aliphatic heterocycles. The fourth-order valence-electron chi connectivity index (χ4n) is 2.81. The number of hydrogen-bond acceptors (Lipinski definition) is 9. The number of nitro groups is 1. The van der Waals surface area contributed by atoms with Crippen molar-refractivity contribution < 1.29 is 28.5 Å². The first-order valence-electron chi connectivity index (χ1n) is 9.79. The van der Waals surface area contributed by atoms with E-state index < -0.39 is 10.8 Å². The molecule has 172 valence electrons. The van der Waals surface area contributed by atoms with Gasteiger partial charge in [0.05, 0.1) is 12.0 Å². The second-order valence-corrected chi connectivity index (χ2v) is 6.70. The van der Waals surface area contributed by atoms with Gasteiger partial charge in [0, 0.05) is 30.3 Å². The van der Waals surface area contributed by atoms with Gasteiger partial charge >= 0.3 is 11.8 Å². The molecule has 0 saturated heterocycles. The molecule has 2 amide bonds. The number of aromatic nitrogens is 2. The van der Waals surface area contributed by atoms with E-state index in [-0.39, 0.29) is 43.0 Å². The zero-order valence-corrected chi connectivity index (χ0v) is 17.9. The van der Waals surface area contributed by atoms with Crippen molar-refractivity contribution in [1.29, 1.82) is 0 Å². The molecule has 0 bridgehead atoms. The van der Waals surface area contributed by atoms with E-state index in [0.717, 1.165) is 0 Å². The van der Waals surface area contributed by atoms with Crippen molar-refractivity contribution >= 4 is 17.5 Å². The van der Waals surface area contributed by atoms with Crippen molar-refractivity contribution in [2.24, 2.45) is 0 Å². The van der Waals surface area contributed by atoms with Gasteiger partial charge in [-0.2, -0.15) is 4.98 Å². The zero-order chi connectivity index (χ0) is 23.8. The third-order valence-electron chi connectivity index (χ3n) is 4.53. The van der Waals surface area contributed by atoms with E-state index in [9.17, 15) is 19.7 Å². The summed E-state index contributed by atoms with van der Waals surface area (Å²) in [5, 5.41) is 20.0. The molecule has 0 fully saturated rings. The van der Waals surface area contributed by atoms with E-state index in [2.05, 4.69) is 20.8 Å². The third kappa shape index (κ3) is 6.03. The van der Waals surface area contributed by atoms with E-state index in [1.54, 1.807) is 44.4 Å². The topological polar surface area (TPSA) is 159 Å². The number of nitrogens with zero attached hydrogens (tertiary/aromatic N) is 3. The van der Waals surface area contributed by atoms with Gasteiger partial charge in [0.2, 0.25) is 5.82 Å². The first-order valence-corrected chi connectivity index (χ1v) is 9.79. The highest BCUT2D eigenvalue weighted by Crippen LogP contribution is 2.27. The van der Waals surface area contributed by atoms with Gasteiger partial charge in [-0.1, -0.05) is 17.3 Å². The van der Waals surface area contributed by atoms with Gasteiger partial charge in [0.25, 0.3) is 11.6 Å². The number of nitrogens with one attached hydrogen (secondary N) is 2. The fourth-order valence-corrected chi connectivity index (χ4v) is 2.81. The first-order chi connectivity index (χ1) is 15.9. The average molecular weight is 455 g/mol. The maximum absolute atomic E-state index is 12.2. The van der Waals surface area contributed by atoms with Crippen LogP contribution in [0.4, 0.5) is 5.69 Å². The summed E-state index contributed by atoms with van der Waals surface area (Å²) in [5.41, 5.74) is 0.654. The number of carbonyl (C=O) groups excluding carboxylic acids is 2. The summed E-state index contributed by atoms with van der Waals surface area (Å²) in [4.78, 5) is 38.6. The highest BCUT2D eigenvalue weighted by Gasteiger charge is 2.20. The molecule has 0 spiro atoms. The molecule has 0 aliphatic carbocycles. The van der Waals surface area contributed by atoms with Crippen LogP contribution in [0.2, 0.25) is 0 Å². The number of benzene rings is 2. The van der Waals surface area contributed by atoms with Crippen LogP contribution in [0.5, 0.6) is 11.5 Å². The van der Waals surface area contributed by atoms with Crippen molar-refractivity contribution in [3.05, 3.63) is 64.0 Å². The van der Waals surface area contributed by atoms with Gasteiger partial charge in [0.1, 0.15) is 11.5 Å². The molecule has 0 atom stereocenters.